The lowest BCUT2D eigenvalue weighted by atomic mass is 10.2. The van der Waals surface area contributed by atoms with E-state index < -0.39 is 12.3 Å². The summed E-state index contributed by atoms with van der Waals surface area (Å²) in [5.74, 6) is -0.981. The molecule has 0 saturated carbocycles. The van der Waals surface area contributed by atoms with Crippen molar-refractivity contribution in [2.24, 2.45) is 0 Å². The SMILES string of the molecule is C(OCC1CO1)C1CO1.C=CC(=O)O.CCCCCC(O)O. The van der Waals surface area contributed by atoms with E-state index in [-0.39, 0.29) is 0 Å². The largest absolute Gasteiger partial charge is 0.478 e. The third-order valence-electron chi connectivity index (χ3n) is 2.65. The molecule has 2 unspecified atom stereocenters. The minimum atomic E-state index is -1.10. The van der Waals surface area contributed by atoms with Crippen molar-refractivity contribution in [3.05, 3.63) is 12.7 Å². The molecule has 2 aliphatic rings. The lowest BCUT2D eigenvalue weighted by Crippen LogP contribution is -2.06. The van der Waals surface area contributed by atoms with Gasteiger partial charge < -0.3 is 29.5 Å². The van der Waals surface area contributed by atoms with E-state index in [0.29, 0.717) is 18.6 Å². The van der Waals surface area contributed by atoms with Crippen molar-refractivity contribution < 1.29 is 34.3 Å². The van der Waals surface area contributed by atoms with Crippen molar-refractivity contribution >= 4 is 5.97 Å². The number of aliphatic hydroxyl groups excluding tert-OH is 1. The molecule has 2 aliphatic heterocycles. The molecule has 0 aromatic heterocycles. The van der Waals surface area contributed by atoms with E-state index >= 15 is 0 Å². The minimum absolute atomic E-state index is 0.392. The Balaban J connectivity index is 0.000000316. The van der Waals surface area contributed by atoms with Gasteiger partial charge in [-0.2, -0.15) is 0 Å². The standard InChI is InChI=1S/C6H10O3.C6H14O2.C3H4O2/c1(5-3-8-5)7-2-6-4-9-6;1-2-3-4-5-6(7)8;1-2-3(4)5/h5-6H,1-4H2;6-8H,2-5H2,1H3;2H,1H2,(H,4,5). The van der Waals surface area contributed by atoms with Gasteiger partial charge in [-0.05, 0) is 12.8 Å². The fourth-order valence-electron chi connectivity index (χ4n) is 1.24. The molecule has 0 bridgehead atoms. The van der Waals surface area contributed by atoms with Crippen molar-refractivity contribution in [2.45, 2.75) is 51.1 Å². The molecule has 0 amide bonds. The van der Waals surface area contributed by atoms with Crippen LogP contribution in [0.25, 0.3) is 0 Å². The van der Waals surface area contributed by atoms with E-state index in [1.54, 1.807) is 0 Å². The summed E-state index contributed by atoms with van der Waals surface area (Å²) in [4.78, 5) is 9.25. The summed E-state index contributed by atoms with van der Waals surface area (Å²) in [6.07, 6.45) is 4.20. The molecule has 0 spiro atoms. The van der Waals surface area contributed by atoms with Gasteiger partial charge in [-0.1, -0.05) is 26.3 Å². The summed E-state index contributed by atoms with van der Waals surface area (Å²) >= 11 is 0. The zero-order valence-corrected chi connectivity index (χ0v) is 13.1. The summed E-state index contributed by atoms with van der Waals surface area (Å²) < 4.78 is 15.1. The van der Waals surface area contributed by atoms with Gasteiger partial charge in [-0.15, -0.1) is 0 Å². The first-order chi connectivity index (χ1) is 10.5. The molecule has 0 aromatic carbocycles. The van der Waals surface area contributed by atoms with Gasteiger partial charge in [-0.25, -0.2) is 4.79 Å². The fraction of sp³-hybridized carbons (Fsp3) is 0.800. The Labute approximate surface area is 131 Å². The zero-order valence-electron chi connectivity index (χ0n) is 13.1. The lowest BCUT2D eigenvalue weighted by Gasteiger charge is -1.99. The van der Waals surface area contributed by atoms with Gasteiger partial charge in [0.1, 0.15) is 12.2 Å². The maximum Gasteiger partial charge on any atom is 0.327 e. The smallest absolute Gasteiger partial charge is 0.327 e. The molecule has 2 heterocycles. The molecular formula is C15H28O7. The Morgan fingerprint density at radius 3 is 2.00 bits per heavy atom. The van der Waals surface area contributed by atoms with E-state index in [0.717, 1.165) is 51.8 Å². The molecule has 2 saturated heterocycles. The third-order valence-corrected chi connectivity index (χ3v) is 2.65. The molecule has 0 aliphatic carbocycles. The van der Waals surface area contributed by atoms with Crippen LogP contribution >= 0.6 is 0 Å². The summed E-state index contributed by atoms with van der Waals surface area (Å²) in [6.45, 7) is 8.31. The Morgan fingerprint density at radius 2 is 1.73 bits per heavy atom. The number of ether oxygens (including phenoxy) is 3. The topological polar surface area (TPSA) is 112 Å². The minimum Gasteiger partial charge on any atom is -0.478 e. The maximum absolute atomic E-state index is 9.25. The second-order valence-corrected chi connectivity index (χ2v) is 4.97. The molecule has 0 radical (unpaired) electrons. The van der Waals surface area contributed by atoms with Gasteiger partial charge in [0, 0.05) is 6.08 Å². The van der Waals surface area contributed by atoms with E-state index in [9.17, 15) is 4.79 Å². The number of carbonyl (C=O) groups is 1. The van der Waals surface area contributed by atoms with Gasteiger partial charge in [0.2, 0.25) is 0 Å². The van der Waals surface area contributed by atoms with Crippen LogP contribution < -0.4 is 0 Å². The highest BCUT2D eigenvalue weighted by atomic mass is 16.6. The van der Waals surface area contributed by atoms with Crippen molar-refractivity contribution in [2.75, 3.05) is 26.4 Å². The summed E-state index contributed by atoms with van der Waals surface area (Å²) in [6, 6.07) is 0. The molecule has 7 nitrogen and oxygen atoms in total. The highest BCUT2D eigenvalue weighted by Crippen LogP contribution is 2.12. The number of aliphatic hydroxyl groups is 2. The Kier molecular flexibility index (Phi) is 13.0. The third kappa shape index (κ3) is 19.0. The molecule has 2 fully saturated rings. The molecule has 3 N–H and O–H groups in total. The second kappa shape index (κ2) is 13.7. The van der Waals surface area contributed by atoms with E-state index in [2.05, 4.69) is 13.5 Å². The molecular weight excluding hydrogens is 292 g/mol. The quantitative estimate of drug-likeness (QED) is 0.251. The highest BCUT2D eigenvalue weighted by Gasteiger charge is 2.26. The molecule has 2 atom stereocenters. The average molecular weight is 320 g/mol. The predicted octanol–water partition coefficient (Wildman–Crippen LogP) is 0.935. The molecule has 2 rings (SSSR count). The lowest BCUT2D eigenvalue weighted by molar-refractivity contribution is -0.131. The van der Waals surface area contributed by atoms with Gasteiger partial charge in [0.25, 0.3) is 0 Å². The fourth-order valence-corrected chi connectivity index (χ4v) is 1.24. The van der Waals surface area contributed by atoms with Crippen LogP contribution in [0.3, 0.4) is 0 Å². The second-order valence-electron chi connectivity index (χ2n) is 4.97. The van der Waals surface area contributed by atoms with Crippen LogP contribution in [-0.4, -0.2) is 66.2 Å². The average Bonchev–Trinajstić information content (AvgIpc) is 3.35. The Morgan fingerprint density at radius 1 is 1.27 bits per heavy atom. The van der Waals surface area contributed by atoms with Crippen LogP contribution in [0.15, 0.2) is 12.7 Å². The Hall–Kier alpha value is -0.990. The van der Waals surface area contributed by atoms with Gasteiger partial charge in [0.15, 0.2) is 6.29 Å². The van der Waals surface area contributed by atoms with Crippen LogP contribution in [0.4, 0.5) is 0 Å². The van der Waals surface area contributed by atoms with Crippen molar-refractivity contribution in [3.63, 3.8) is 0 Å². The van der Waals surface area contributed by atoms with E-state index in [1.807, 2.05) is 0 Å². The maximum atomic E-state index is 9.25. The first-order valence-corrected chi connectivity index (χ1v) is 7.52. The number of hydrogen-bond acceptors (Lipinski definition) is 6. The number of carboxylic acids is 1. The molecule has 0 aromatic rings. The monoisotopic (exact) mass is 320 g/mol. The summed E-state index contributed by atoms with van der Waals surface area (Å²) in [5, 5.41) is 24.3. The first kappa shape index (κ1) is 21.0. The number of aliphatic carboxylic acids is 1. The summed E-state index contributed by atoms with van der Waals surface area (Å²) in [5.41, 5.74) is 0. The van der Waals surface area contributed by atoms with Crippen molar-refractivity contribution in [1.29, 1.82) is 0 Å². The molecule has 130 valence electrons. The number of unbranched alkanes of at least 4 members (excludes halogenated alkanes) is 2. The van der Waals surface area contributed by atoms with Gasteiger partial charge in [0.05, 0.1) is 26.4 Å². The van der Waals surface area contributed by atoms with Crippen molar-refractivity contribution in [1.82, 2.24) is 0 Å². The Bertz CT molecular complexity index is 274. The number of carboxylic acid groups (broad SMARTS) is 1. The number of rotatable bonds is 9. The highest BCUT2D eigenvalue weighted by molar-refractivity contribution is 5.78. The van der Waals surface area contributed by atoms with Crippen LogP contribution in [0.1, 0.15) is 32.6 Å². The normalized spacial score (nSPS) is 21.1. The van der Waals surface area contributed by atoms with Gasteiger partial charge >= 0.3 is 5.97 Å². The van der Waals surface area contributed by atoms with Crippen LogP contribution in [0.5, 0.6) is 0 Å². The predicted molar refractivity (Wildman–Crippen MR) is 80.5 cm³/mol. The van der Waals surface area contributed by atoms with Crippen LogP contribution in [0, 0.1) is 0 Å². The van der Waals surface area contributed by atoms with Crippen LogP contribution in [0.2, 0.25) is 0 Å². The molecule has 7 heteroatoms. The summed E-state index contributed by atoms with van der Waals surface area (Å²) in [7, 11) is 0. The van der Waals surface area contributed by atoms with E-state index in [4.69, 9.17) is 29.5 Å². The number of epoxide rings is 2. The first-order valence-electron chi connectivity index (χ1n) is 7.52. The van der Waals surface area contributed by atoms with Gasteiger partial charge in [-0.3, -0.25) is 0 Å². The zero-order chi connectivity index (χ0) is 16.8. The van der Waals surface area contributed by atoms with Crippen LogP contribution in [-0.2, 0) is 19.0 Å². The molecule has 22 heavy (non-hydrogen) atoms. The van der Waals surface area contributed by atoms with E-state index in [1.165, 1.54) is 0 Å². The number of hydrogen-bond donors (Lipinski definition) is 3. The van der Waals surface area contributed by atoms with Crippen molar-refractivity contribution in [3.8, 4) is 0 Å².